The standard InChI is InChI=1S/C16H14N2O2S/c17-8-11-9-18-13-4-2-1-3-12(13)15(11)21-10-16(5-6-16)7-14(19)20/h1-4,9H,5-7,10H2,(H,19,20). The van der Waals surface area contributed by atoms with Crippen molar-refractivity contribution in [2.75, 3.05) is 5.75 Å². The molecule has 106 valence electrons. The number of para-hydroxylation sites is 1. The molecule has 1 N–H and O–H groups in total. The molecule has 1 aliphatic rings. The maximum atomic E-state index is 10.9. The second-order valence-electron chi connectivity index (χ2n) is 5.49. The van der Waals surface area contributed by atoms with Gasteiger partial charge in [0, 0.05) is 22.2 Å². The van der Waals surface area contributed by atoms with Gasteiger partial charge in [-0.2, -0.15) is 5.26 Å². The number of nitriles is 1. The summed E-state index contributed by atoms with van der Waals surface area (Å²) in [5.74, 6) is -0.00433. The Labute approximate surface area is 126 Å². The largest absolute Gasteiger partial charge is 0.481 e. The molecule has 0 saturated heterocycles. The van der Waals surface area contributed by atoms with E-state index in [0.29, 0.717) is 5.56 Å². The Morgan fingerprint density at radius 2 is 2.19 bits per heavy atom. The summed E-state index contributed by atoms with van der Waals surface area (Å²) in [5, 5.41) is 19.2. The molecule has 0 radical (unpaired) electrons. The highest BCUT2D eigenvalue weighted by molar-refractivity contribution is 7.99. The first-order chi connectivity index (χ1) is 10.1. The van der Waals surface area contributed by atoms with E-state index in [1.807, 2.05) is 24.3 Å². The van der Waals surface area contributed by atoms with Gasteiger partial charge >= 0.3 is 5.97 Å². The molecular weight excluding hydrogens is 284 g/mol. The number of thioether (sulfide) groups is 1. The molecule has 1 fully saturated rings. The maximum Gasteiger partial charge on any atom is 0.303 e. The Balaban J connectivity index is 1.90. The van der Waals surface area contributed by atoms with Gasteiger partial charge in [0.2, 0.25) is 0 Å². The Bertz CT molecular complexity index is 748. The number of aliphatic carboxylic acids is 1. The number of carboxylic acid groups (broad SMARTS) is 1. The van der Waals surface area contributed by atoms with Gasteiger partial charge < -0.3 is 5.11 Å². The molecule has 0 unspecified atom stereocenters. The number of fused-ring (bicyclic) bond motifs is 1. The van der Waals surface area contributed by atoms with E-state index in [-0.39, 0.29) is 11.8 Å². The summed E-state index contributed by atoms with van der Waals surface area (Å²) in [6, 6.07) is 9.92. The lowest BCUT2D eigenvalue weighted by Crippen LogP contribution is -2.11. The van der Waals surface area contributed by atoms with Crippen LogP contribution in [0.1, 0.15) is 24.8 Å². The molecule has 4 nitrogen and oxygen atoms in total. The summed E-state index contributed by atoms with van der Waals surface area (Å²) >= 11 is 1.59. The minimum absolute atomic E-state index is 0.0897. The van der Waals surface area contributed by atoms with Crippen LogP contribution in [0.5, 0.6) is 0 Å². The summed E-state index contributed by atoms with van der Waals surface area (Å²) < 4.78 is 0. The first kappa shape index (κ1) is 13.9. The molecule has 0 amide bonds. The summed E-state index contributed by atoms with van der Waals surface area (Å²) in [4.78, 5) is 16.1. The predicted octanol–water partition coefficient (Wildman–Crippen LogP) is 3.45. The first-order valence-electron chi connectivity index (χ1n) is 6.76. The van der Waals surface area contributed by atoms with E-state index in [4.69, 9.17) is 5.11 Å². The first-order valence-corrected chi connectivity index (χ1v) is 7.75. The molecule has 0 aliphatic heterocycles. The number of hydrogen-bond acceptors (Lipinski definition) is 4. The smallest absolute Gasteiger partial charge is 0.303 e. The molecular formula is C16H14N2O2S. The minimum Gasteiger partial charge on any atom is -0.481 e. The molecule has 0 spiro atoms. The molecule has 1 heterocycles. The van der Waals surface area contributed by atoms with E-state index < -0.39 is 5.97 Å². The number of carboxylic acids is 1. The van der Waals surface area contributed by atoms with Gasteiger partial charge in [-0.05, 0) is 24.3 Å². The van der Waals surface area contributed by atoms with Crippen molar-refractivity contribution in [1.82, 2.24) is 4.98 Å². The van der Waals surface area contributed by atoms with Crippen LogP contribution in [0.15, 0.2) is 35.4 Å². The van der Waals surface area contributed by atoms with Crippen LogP contribution in [0, 0.1) is 16.7 Å². The lowest BCUT2D eigenvalue weighted by atomic mass is 10.1. The van der Waals surface area contributed by atoms with Crippen molar-refractivity contribution in [1.29, 1.82) is 5.26 Å². The summed E-state index contributed by atoms with van der Waals surface area (Å²) in [7, 11) is 0. The minimum atomic E-state index is -0.742. The van der Waals surface area contributed by atoms with Gasteiger partial charge in [0.05, 0.1) is 17.5 Å². The second kappa shape index (κ2) is 5.38. The third kappa shape index (κ3) is 2.86. The van der Waals surface area contributed by atoms with Crippen LogP contribution >= 0.6 is 11.8 Å². The average Bonchev–Trinajstić information content (AvgIpc) is 3.23. The zero-order valence-electron chi connectivity index (χ0n) is 11.4. The fraction of sp³-hybridized carbons (Fsp3) is 0.312. The molecule has 21 heavy (non-hydrogen) atoms. The van der Waals surface area contributed by atoms with Gasteiger partial charge in [0.15, 0.2) is 0 Å². The fourth-order valence-electron chi connectivity index (χ4n) is 2.45. The molecule has 0 atom stereocenters. The van der Waals surface area contributed by atoms with Gasteiger partial charge in [-0.15, -0.1) is 11.8 Å². The SMILES string of the molecule is N#Cc1cnc2ccccc2c1SCC1(CC(=O)O)CC1. The van der Waals surface area contributed by atoms with E-state index in [1.54, 1.807) is 18.0 Å². The van der Waals surface area contributed by atoms with Gasteiger partial charge in [0.1, 0.15) is 6.07 Å². The quantitative estimate of drug-likeness (QED) is 0.856. The highest BCUT2D eigenvalue weighted by Crippen LogP contribution is 2.52. The molecule has 1 aromatic heterocycles. The van der Waals surface area contributed by atoms with Crippen molar-refractivity contribution in [3.8, 4) is 6.07 Å². The zero-order valence-corrected chi connectivity index (χ0v) is 12.2. The van der Waals surface area contributed by atoms with Crippen molar-refractivity contribution >= 4 is 28.6 Å². The molecule has 3 rings (SSSR count). The van der Waals surface area contributed by atoms with Crippen LogP contribution in [-0.2, 0) is 4.79 Å². The van der Waals surface area contributed by atoms with Crippen LogP contribution in [-0.4, -0.2) is 21.8 Å². The van der Waals surface area contributed by atoms with Crippen molar-refractivity contribution in [2.24, 2.45) is 5.41 Å². The number of rotatable bonds is 5. The van der Waals surface area contributed by atoms with E-state index in [9.17, 15) is 10.1 Å². The van der Waals surface area contributed by atoms with Gasteiger partial charge in [-0.1, -0.05) is 18.2 Å². The van der Waals surface area contributed by atoms with Crippen molar-refractivity contribution in [3.63, 3.8) is 0 Å². The molecule has 0 bridgehead atoms. The maximum absolute atomic E-state index is 10.9. The van der Waals surface area contributed by atoms with Crippen LogP contribution < -0.4 is 0 Å². The topological polar surface area (TPSA) is 74.0 Å². The van der Waals surface area contributed by atoms with E-state index in [1.165, 1.54) is 0 Å². The molecule has 2 aromatic rings. The molecule has 1 aliphatic carbocycles. The number of benzene rings is 1. The summed E-state index contributed by atoms with van der Waals surface area (Å²) in [5.41, 5.74) is 1.33. The number of aromatic nitrogens is 1. The Morgan fingerprint density at radius 3 is 2.86 bits per heavy atom. The number of pyridine rings is 1. The third-order valence-electron chi connectivity index (χ3n) is 3.85. The lowest BCUT2D eigenvalue weighted by Gasteiger charge is -2.13. The second-order valence-corrected chi connectivity index (χ2v) is 6.47. The van der Waals surface area contributed by atoms with E-state index in [2.05, 4.69) is 11.1 Å². The van der Waals surface area contributed by atoms with Crippen LogP contribution in [0.3, 0.4) is 0 Å². The third-order valence-corrected chi connectivity index (χ3v) is 5.34. The molecule has 1 saturated carbocycles. The van der Waals surface area contributed by atoms with Crippen molar-refractivity contribution in [2.45, 2.75) is 24.2 Å². The van der Waals surface area contributed by atoms with Crippen LogP contribution in [0.2, 0.25) is 0 Å². The van der Waals surface area contributed by atoms with Crippen LogP contribution in [0.4, 0.5) is 0 Å². The van der Waals surface area contributed by atoms with Gasteiger partial charge in [-0.3, -0.25) is 9.78 Å². The average molecular weight is 298 g/mol. The van der Waals surface area contributed by atoms with Gasteiger partial charge in [-0.25, -0.2) is 0 Å². The predicted molar refractivity (Wildman–Crippen MR) is 81.1 cm³/mol. The summed E-state index contributed by atoms with van der Waals surface area (Å²) in [6.45, 7) is 0. The van der Waals surface area contributed by atoms with E-state index in [0.717, 1.165) is 34.4 Å². The highest BCUT2D eigenvalue weighted by atomic mass is 32.2. The van der Waals surface area contributed by atoms with Crippen molar-refractivity contribution < 1.29 is 9.90 Å². The fourth-order valence-corrected chi connectivity index (χ4v) is 3.87. The molecule has 1 aromatic carbocycles. The van der Waals surface area contributed by atoms with Crippen molar-refractivity contribution in [3.05, 3.63) is 36.0 Å². The zero-order chi connectivity index (χ0) is 14.9. The summed E-state index contributed by atoms with van der Waals surface area (Å²) in [6.07, 6.45) is 3.72. The Kier molecular flexibility index (Phi) is 3.56. The lowest BCUT2D eigenvalue weighted by molar-refractivity contribution is -0.138. The molecule has 5 heteroatoms. The number of nitrogens with zero attached hydrogens (tertiary/aromatic N) is 2. The number of carbonyl (C=O) groups is 1. The van der Waals surface area contributed by atoms with Crippen LogP contribution in [0.25, 0.3) is 10.9 Å². The highest BCUT2D eigenvalue weighted by Gasteiger charge is 2.44. The van der Waals surface area contributed by atoms with Gasteiger partial charge in [0.25, 0.3) is 0 Å². The van der Waals surface area contributed by atoms with E-state index >= 15 is 0 Å². The Morgan fingerprint density at radius 1 is 1.43 bits per heavy atom. The normalized spacial score (nSPS) is 15.6. The Hall–Kier alpha value is -2.06. The number of hydrogen-bond donors (Lipinski definition) is 1. The monoisotopic (exact) mass is 298 g/mol.